The van der Waals surface area contributed by atoms with Crippen LogP contribution in [-0.2, 0) is 4.74 Å². The van der Waals surface area contributed by atoms with Crippen molar-refractivity contribution < 1.29 is 17.9 Å². The van der Waals surface area contributed by atoms with Gasteiger partial charge in [-0.2, -0.15) is 13.2 Å². The molecule has 0 aromatic heterocycles. The van der Waals surface area contributed by atoms with Crippen LogP contribution in [0.4, 0.5) is 13.2 Å². The molecule has 0 aromatic carbocycles. The van der Waals surface area contributed by atoms with Gasteiger partial charge >= 0.3 is 6.18 Å². The van der Waals surface area contributed by atoms with Crippen LogP contribution in [0.2, 0.25) is 0 Å². The summed E-state index contributed by atoms with van der Waals surface area (Å²) in [4.78, 5) is 2.12. The SMILES string of the molecule is CC(CNCC(F)(F)F)N(C)CC1CCOCC1. The summed E-state index contributed by atoms with van der Waals surface area (Å²) in [5.74, 6) is 0.605. The van der Waals surface area contributed by atoms with Crippen LogP contribution in [0, 0.1) is 5.92 Å². The maximum atomic E-state index is 12.0. The van der Waals surface area contributed by atoms with Gasteiger partial charge in [-0.1, -0.05) is 0 Å². The van der Waals surface area contributed by atoms with Crippen LogP contribution in [0.1, 0.15) is 19.8 Å². The Hall–Kier alpha value is -0.330. The molecule has 1 heterocycles. The summed E-state index contributed by atoms with van der Waals surface area (Å²) >= 11 is 0. The summed E-state index contributed by atoms with van der Waals surface area (Å²) < 4.78 is 41.3. The van der Waals surface area contributed by atoms with E-state index >= 15 is 0 Å². The first-order valence-electron chi connectivity index (χ1n) is 6.44. The number of nitrogens with one attached hydrogen (secondary N) is 1. The lowest BCUT2D eigenvalue weighted by Gasteiger charge is -2.31. The zero-order valence-corrected chi connectivity index (χ0v) is 11.1. The van der Waals surface area contributed by atoms with Gasteiger partial charge in [0.1, 0.15) is 0 Å². The van der Waals surface area contributed by atoms with E-state index in [0.717, 1.165) is 32.6 Å². The van der Waals surface area contributed by atoms with E-state index in [1.165, 1.54) is 0 Å². The second-order valence-electron chi connectivity index (χ2n) is 5.09. The number of ether oxygens (including phenoxy) is 1. The monoisotopic (exact) mass is 268 g/mol. The van der Waals surface area contributed by atoms with Crippen LogP contribution < -0.4 is 5.32 Å². The first-order chi connectivity index (χ1) is 8.38. The Morgan fingerprint density at radius 2 is 1.94 bits per heavy atom. The van der Waals surface area contributed by atoms with Crippen molar-refractivity contribution in [1.29, 1.82) is 0 Å². The Kier molecular flexibility index (Phi) is 6.38. The summed E-state index contributed by atoms with van der Waals surface area (Å²) in [6.45, 7) is 3.93. The zero-order chi connectivity index (χ0) is 13.6. The third kappa shape index (κ3) is 6.56. The van der Waals surface area contributed by atoms with Crippen molar-refractivity contribution in [3.63, 3.8) is 0 Å². The standard InChI is InChI=1S/C12H23F3N2O/c1-10(7-16-9-12(13,14)15)17(2)8-11-3-5-18-6-4-11/h10-11,16H,3-9H2,1-2H3. The highest BCUT2D eigenvalue weighted by Crippen LogP contribution is 2.16. The van der Waals surface area contributed by atoms with Crippen LogP contribution in [0.15, 0.2) is 0 Å². The van der Waals surface area contributed by atoms with E-state index < -0.39 is 12.7 Å². The second kappa shape index (κ2) is 7.31. The maximum Gasteiger partial charge on any atom is 0.401 e. The molecule has 1 fully saturated rings. The smallest absolute Gasteiger partial charge is 0.381 e. The Balaban J connectivity index is 2.17. The maximum absolute atomic E-state index is 12.0. The van der Waals surface area contributed by atoms with Crippen molar-refractivity contribution in [2.24, 2.45) is 5.92 Å². The highest BCUT2D eigenvalue weighted by molar-refractivity contribution is 4.73. The Morgan fingerprint density at radius 3 is 2.50 bits per heavy atom. The van der Waals surface area contributed by atoms with E-state index in [1.54, 1.807) is 0 Å². The fraction of sp³-hybridized carbons (Fsp3) is 1.00. The van der Waals surface area contributed by atoms with Gasteiger partial charge in [0.15, 0.2) is 0 Å². The molecule has 18 heavy (non-hydrogen) atoms. The molecule has 0 aliphatic carbocycles. The number of hydrogen-bond acceptors (Lipinski definition) is 3. The van der Waals surface area contributed by atoms with E-state index in [4.69, 9.17) is 4.74 Å². The number of alkyl halides is 3. The first-order valence-corrected chi connectivity index (χ1v) is 6.44. The van der Waals surface area contributed by atoms with Crippen LogP contribution in [0.5, 0.6) is 0 Å². The van der Waals surface area contributed by atoms with Crippen molar-refractivity contribution in [2.75, 3.05) is 39.9 Å². The molecule has 0 bridgehead atoms. The predicted molar refractivity (Wildman–Crippen MR) is 64.6 cm³/mol. The predicted octanol–water partition coefficient (Wildman–Crippen LogP) is 1.89. The normalized spacial score (nSPS) is 20.3. The van der Waals surface area contributed by atoms with Crippen LogP contribution in [0.3, 0.4) is 0 Å². The molecule has 6 heteroatoms. The minimum Gasteiger partial charge on any atom is -0.381 e. The lowest BCUT2D eigenvalue weighted by atomic mass is 9.99. The quantitative estimate of drug-likeness (QED) is 0.796. The molecular weight excluding hydrogens is 245 g/mol. The van der Waals surface area contributed by atoms with E-state index in [9.17, 15) is 13.2 Å². The molecule has 3 nitrogen and oxygen atoms in total. The third-order valence-electron chi connectivity index (χ3n) is 3.40. The second-order valence-corrected chi connectivity index (χ2v) is 5.09. The number of nitrogens with zero attached hydrogens (tertiary/aromatic N) is 1. The van der Waals surface area contributed by atoms with E-state index in [1.807, 2.05) is 14.0 Å². The minimum atomic E-state index is -4.13. The lowest BCUT2D eigenvalue weighted by Crippen LogP contribution is -2.43. The molecule has 1 atom stereocenters. The topological polar surface area (TPSA) is 24.5 Å². The van der Waals surface area contributed by atoms with Crippen LogP contribution >= 0.6 is 0 Å². The van der Waals surface area contributed by atoms with Crippen LogP contribution in [0.25, 0.3) is 0 Å². The van der Waals surface area contributed by atoms with Gasteiger partial charge in [-0.3, -0.25) is 0 Å². The van der Waals surface area contributed by atoms with Gasteiger partial charge in [0.25, 0.3) is 0 Å². The Labute approximate surface area is 107 Å². The molecule has 0 amide bonds. The van der Waals surface area contributed by atoms with E-state index in [0.29, 0.717) is 12.5 Å². The van der Waals surface area contributed by atoms with Gasteiger partial charge < -0.3 is 15.0 Å². The average molecular weight is 268 g/mol. The third-order valence-corrected chi connectivity index (χ3v) is 3.40. The molecular formula is C12H23F3N2O. The van der Waals surface area contributed by atoms with Gasteiger partial charge in [-0.15, -0.1) is 0 Å². The van der Waals surface area contributed by atoms with E-state index in [2.05, 4.69) is 10.2 Å². The van der Waals surface area contributed by atoms with Gasteiger partial charge in [-0.05, 0) is 32.7 Å². The van der Waals surface area contributed by atoms with Crippen molar-refractivity contribution >= 4 is 0 Å². The summed E-state index contributed by atoms with van der Waals surface area (Å²) in [6.07, 6.45) is -2.03. The molecule has 108 valence electrons. The van der Waals surface area contributed by atoms with E-state index in [-0.39, 0.29) is 6.04 Å². The highest BCUT2D eigenvalue weighted by Gasteiger charge is 2.27. The number of halogens is 3. The van der Waals surface area contributed by atoms with Gasteiger partial charge in [0.05, 0.1) is 6.54 Å². The first kappa shape index (κ1) is 15.7. The minimum absolute atomic E-state index is 0.107. The van der Waals surface area contributed by atoms with Crippen molar-refractivity contribution in [1.82, 2.24) is 10.2 Å². The van der Waals surface area contributed by atoms with Gasteiger partial charge in [0.2, 0.25) is 0 Å². The fourth-order valence-corrected chi connectivity index (χ4v) is 2.09. The summed E-state index contributed by atoms with van der Waals surface area (Å²) in [5.41, 5.74) is 0. The molecule has 0 radical (unpaired) electrons. The van der Waals surface area contributed by atoms with Gasteiger partial charge in [0, 0.05) is 32.3 Å². The summed E-state index contributed by atoms with van der Waals surface area (Å²) in [6, 6.07) is 0.107. The number of hydrogen-bond donors (Lipinski definition) is 1. The molecule has 1 aliphatic heterocycles. The van der Waals surface area contributed by atoms with Gasteiger partial charge in [-0.25, -0.2) is 0 Å². The molecule has 0 spiro atoms. The highest BCUT2D eigenvalue weighted by atomic mass is 19.4. The molecule has 1 saturated heterocycles. The molecule has 0 saturated carbocycles. The summed E-state index contributed by atoms with van der Waals surface area (Å²) in [7, 11) is 1.97. The largest absolute Gasteiger partial charge is 0.401 e. The molecule has 1 unspecified atom stereocenters. The zero-order valence-electron chi connectivity index (χ0n) is 11.1. The molecule has 0 aromatic rings. The van der Waals surface area contributed by atoms with Crippen molar-refractivity contribution in [2.45, 2.75) is 32.0 Å². The Bertz CT molecular complexity index is 230. The summed E-state index contributed by atoms with van der Waals surface area (Å²) in [5, 5.41) is 2.45. The number of rotatable bonds is 6. The molecule has 1 aliphatic rings. The average Bonchev–Trinajstić information content (AvgIpc) is 2.28. The Morgan fingerprint density at radius 1 is 1.33 bits per heavy atom. The number of likely N-dealkylation sites (N-methyl/N-ethyl adjacent to an activating group) is 1. The lowest BCUT2D eigenvalue weighted by molar-refractivity contribution is -0.125. The van der Waals surface area contributed by atoms with Crippen LogP contribution in [-0.4, -0.2) is 57.0 Å². The van der Waals surface area contributed by atoms with Crippen molar-refractivity contribution in [3.8, 4) is 0 Å². The fourth-order valence-electron chi connectivity index (χ4n) is 2.09. The molecule has 1 N–H and O–H groups in total. The molecule has 1 rings (SSSR count). The van der Waals surface area contributed by atoms with Crippen molar-refractivity contribution in [3.05, 3.63) is 0 Å².